The lowest BCUT2D eigenvalue weighted by Gasteiger charge is -2.23. The van der Waals surface area contributed by atoms with Crippen molar-refractivity contribution in [3.05, 3.63) is 77.7 Å². The summed E-state index contributed by atoms with van der Waals surface area (Å²) in [4.78, 5) is 20.2. The molecule has 0 saturated heterocycles. The summed E-state index contributed by atoms with van der Waals surface area (Å²) in [6.45, 7) is 5.48. The number of hydrogen-bond donors (Lipinski definition) is 2. The van der Waals surface area contributed by atoms with E-state index in [2.05, 4.69) is 21.4 Å². The van der Waals surface area contributed by atoms with Gasteiger partial charge in [0, 0.05) is 18.2 Å². The van der Waals surface area contributed by atoms with Gasteiger partial charge in [0.1, 0.15) is 11.4 Å². The third kappa shape index (κ3) is 5.69. The van der Waals surface area contributed by atoms with Crippen molar-refractivity contribution in [1.82, 2.24) is 15.3 Å². The highest BCUT2D eigenvalue weighted by Gasteiger charge is 2.23. The van der Waals surface area contributed by atoms with E-state index in [-0.39, 0.29) is 6.04 Å². The number of imidazole rings is 1. The first-order chi connectivity index (χ1) is 13.8. The van der Waals surface area contributed by atoms with Crippen LogP contribution in [0.1, 0.15) is 43.8 Å². The molecule has 1 atom stereocenters. The van der Waals surface area contributed by atoms with Gasteiger partial charge in [-0.25, -0.2) is 9.78 Å². The second kappa shape index (κ2) is 8.61. The van der Waals surface area contributed by atoms with Gasteiger partial charge in [-0.3, -0.25) is 0 Å². The number of carbonyl (C=O) groups excluding carboxylic acids is 1. The molecule has 2 N–H and O–H groups in total. The molecule has 29 heavy (non-hydrogen) atoms. The van der Waals surface area contributed by atoms with Crippen molar-refractivity contribution < 1.29 is 9.53 Å². The van der Waals surface area contributed by atoms with Crippen LogP contribution in [0.3, 0.4) is 0 Å². The zero-order valence-electron chi connectivity index (χ0n) is 16.8. The van der Waals surface area contributed by atoms with Gasteiger partial charge in [0.25, 0.3) is 0 Å². The number of aromatic nitrogens is 2. The third-order valence-corrected chi connectivity index (χ3v) is 4.21. The molecule has 3 rings (SSSR count). The van der Waals surface area contributed by atoms with E-state index in [1.54, 1.807) is 18.3 Å². The van der Waals surface area contributed by atoms with Crippen LogP contribution in [-0.2, 0) is 11.2 Å². The molecule has 0 aliphatic heterocycles. The van der Waals surface area contributed by atoms with Crippen molar-refractivity contribution in [2.24, 2.45) is 0 Å². The fraction of sp³-hybridized carbons (Fsp3) is 0.261. The molecule has 6 nitrogen and oxygen atoms in total. The molecular formula is C23H24N4O2. The third-order valence-electron chi connectivity index (χ3n) is 4.21. The maximum atomic E-state index is 12.4. The summed E-state index contributed by atoms with van der Waals surface area (Å²) in [5, 5.41) is 11.9. The number of carbonyl (C=O) groups is 1. The van der Waals surface area contributed by atoms with Gasteiger partial charge in [0.2, 0.25) is 0 Å². The molecule has 0 bridgehead atoms. The molecule has 0 aliphatic rings. The number of amides is 1. The van der Waals surface area contributed by atoms with Crippen LogP contribution in [0.25, 0.3) is 11.3 Å². The predicted molar refractivity (Wildman–Crippen MR) is 111 cm³/mol. The van der Waals surface area contributed by atoms with Gasteiger partial charge in [-0.15, -0.1) is 0 Å². The summed E-state index contributed by atoms with van der Waals surface area (Å²) in [5.74, 6) is 0.638. The Kier molecular flexibility index (Phi) is 5.99. The number of rotatable bonds is 5. The van der Waals surface area contributed by atoms with E-state index in [0.29, 0.717) is 17.8 Å². The molecule has 2 aromatic carbocycles. The van der Waals surface area contributed by atoms with Gasteiger partial charge in [-0.2, -0.15) is 5.26 Å². The van der Waals surface area contributed by atoms with E-state index >= 15 is 0 Å². The minimum absolute atomic E-state index is 0.376. The number of nitriles is 1. The van der Waals surface area contributed by atoms with Crippen LogP contribution in [0, 0.1) is 11.3 Å². The van der Waals surface area contributed by atoms with Crippen LogP contribution in [0.5, 0.6) is 0 Å². The first-order valence-corrected chi connectivity index (χ1v) is 9.43. The smallest absolute Gasteiger partial charge is 0.408 e. The maximum Gasteiger partial charge on any atom is 0.408 e. The minimum atomic E-state index is -0.585. The first kappa shape index (κ1) is 20.2. The zero-order valence-corrected chi connectivity index (χ0v) is 16.8. The highest BCUT2D eigenvalue weighted by molar-refractivity contribution is 5.68. The molecule has 1 heterocycles. The molecule has 0 unspecified atom stereocenters. The fourth-order valence-corrected chi connectivity index (χ4v) is 2.89. The summed E-state index contributed by atoms with van der Waals surface area (Å²) >= 11 is 0. The van der Waals surface area contributed by atoms with E-state index in [1.165, 1.54) is 0 Å². The normalized spacial score (nSPS) is 12.1. The SMILES string of the molecule is CC(C)(C)OC(=O)N[C@@H](Cc1ccccc1)c1nc(-c2ccc(C#N)cc2)c[nH]1. The Bertz CT molecular complexity index is 996. The Morgan fingerprint density at radius 1 is 1.17 bits per heavy atom. The molecule has 0 radical (unpaired) electrons. The van der Waals surface area contributed by atoms with E-state index in [4.69, 9.17) is 10.00 Å². The van der Waals surface area contributed by atoms with Crippen molar-refractivity contribution >= 4 is 6.09 Å². The highest BCUT2D eigenvalue weighted by atomic mass is 16.6. The Morgan fingerprint density at radius 2 is 1.86 bits per heavy atom. The number of nitrogens with zero attached hydrogens (tertiary/aromatic N) is 2. The number of nitrogens with one attached hydrogen (secondary N) is 2. The summed E-state index contributed by atoms with van der Waals surface area (Å²) in [6, 6.07) is 18.8. The fourth-order valence-electron chi connectivity index (χ4n) is 2.89. The van der Waals surface area contributed by atoms with Crippen LogP contribution >= 0.6 is 0 Å². The Morgan fingerprint density at radius 3 is 2.48 bits per heavy atom. The van der Waals surface area contributed by atoms with Crippen molar-refractivity contribution in [2.45, 2.75) is 38.8 Å². The Labute approximate surface area is 170 Å². The molecule has 0 spiro atoms. The van der Waals surface area contributed by atoms with Crippen LogP contribution < -0.4 is 5.32 Å². The largest absolute Gasteiger partial charge is 0.444 e. The van der Waals surface area contributed by atoms with Gasteiger partial charge >= 0.3 is 6.09 Å². The molecule has 148 valence electrons. The highest BCUT2D eigenvalue weighted by Crippen LogP contribution is 2.22. The van der Waals surface area contributed by atoms with Gasteiger partial charge in [0.15, 0.2) is 0 Å². The Balaban J connectivity index is 1.84. The lowest BCUT2D eigenvalue weighted by Crippen LogP contribution is -2.36. The lowest BCUT2D eigenvalue weighted by molar-refractivity contribution is 0.0501. The molecule has 6 heteroatoms. The summed E-state index contributed by atoms with van der Waals surface area (Å²) in [7, 11) is 0. The topological polar surface area (TPSA) is 90.8 Å². The van der Waals surface area contributed by atoms with Gasteiger partial charge in [-0.05, 0) is 38.5 Å². The molecule has 0 fully saturated rings. The van der Waals surface area contributed by atoms with Crippen LogP contribution in [0.2, 0.25) is 0 Å². The van der Waals surface area contributed by atoms with E-state index in [1.807, 2.05) is 63.2 Å². The summed E-state index contributed by atoms with van der Waals surface area (Å²) in [5.41, 5.74) is 2.72. The predicted octanol–water partition coefficient (Wildman–Crippen LogP) is 4.76. The number of benzene rings is 2. The van der Waals surface area contributed by atoms with E-state index < -0.39 is 11.7 Å². The second-order valence-corrected chi connectivity index (χ2v) is 7.75. The maximum absolute atomic E-state index is 12.4. The summed E-state index contributed by atoms with van der Waals surface area (Å²) < 4.78 is 5.42. The molecule has 0 aliphatic carbocycles. The molecule has 1 aromatic heterocycles. The van der Waals surface area contributed by atoms with Gasteiger partial charge < -0.3 is 15.0 Å². The second-order valence-electron chi connectivity index (χ2n) is 7.75. The van der Waals surface area contributed by atoms with Crippen LogP contribution in [0.4, 0.5) is 4.79 Å². The van der Waals surface area contributed by atoms with Crippen molar-refractivity contribution in [3.8, 4) is 17.3 Å². The molecule has 1 amide bonds. The molecular weight excluding hydrogens is 364 g/mol. The van der Waals surface area contributed by atoms with Crippen molar-refractivity contribution in [3.63, 3.8) is 0 Å². The number of aromatic amines is 1. The zero-order chi connectivity index (χ0) is 20.9. The average molecular weight is 388 g/mol. The van der Waals surface area contributed by atoms with Gasteiger partial charge in [-0.1, -0.05) is 42.5 Å². The molecule has 3 aromatic rings. The number of hydrogen-bond acceptors (Lipinski definition) is 4. The average Bonchev–Trinajstić information content (AvgIpc) is 3.17. The van der Waals surface area contributed by atoms with Crippen molar-refractivity contribution in [2.75, 3.05) is 0 Å². The minimum Gasteiger partial charge on any atom is -0.444 e. The molecule has 0 saturated carbocycles. The monoisotopic (exact) mass is 388 g/mol. The number of H-pyrrole nitrogens is 1. The van der Waals surface area contributed by atoms with Gasteiger partial charge in [0.05, 0.1) is 23.4 Å². The van der Waals surface area contributed by atoms with Crippen molar-refractivity contribution in [1.29, 1.82) is 5.26 Å². The van der Waals surface area contributed by atoms with E-state index in [0.717, 1.165) is 16.8 Å². The number of ether oxygens (including phenoxy) is 1. The van der Waals surface area contributed by atoms with Crippen LogP contribution in [0.15, 0.2) is 60.8 Å². The van der Waals surface area contributed by atoms with E-state index in [9.17, 15) is 4.79 Å². The van der Waals surface area contributed by atoms with Crippen LogP contribution in [-0.4, -0.2) is 21.7 Å². The standard InChI is InChI=1S/C23H24N4O2/c1-23(2,3)29-22(28)27-19(13-16-7-5-4-6-8-16)21-25-15-20(26-21)18-11-9-17(14-24)10-12-18/h4-12,15,19H,13H2,1-3H3,(H,25,26)(H,27,28)/t19-/m0/s1. The number of alkyl carbamates (subject to hydrolysis) is 1. The Hall–Kier alpha value is -3.59. The summed E-state index contributed by atoms with van der Waals surface area (Å²) in [6.07, 6.45) is 1.88. The quantitative estimate of drug-likeness (QED) is 0.659. The lowest BCUT2D eigenvalue weighted by atomic mass is 10.1. The first-order valence-electron chi connectivity index (χ1n) is 9.43.